The first-order valence-electron chi connectivity index (χ1n) is 5.85. The van der Waals surface area contributed by atoms with E-state index in [0.717, 1.165) is 30.7 Å². The minimum atomic E-state index is 0.706. The topological polar surface area (TPSA) is 50.7 Å². The number of aliphatic imine (C=N–C) groups is 2. The second-order valence-electron chi connectivity index (χ2n) is 3.49. The van der Waals surface area contributed by atoms with E-state index in [9.17, 15) is 0 Å². The highest BCUT2D eigenvalue weighted by atomic mass is 14.9. The molecule has 0 aromatic carbocycles. The SMILES string of the molecule is CC=N/C(C)=C(N=CCCC)\C(N)=C\CC. The predicted molar refractivity (Wildman–Crippen MR) is 72.8 cm³/mol. The van der Waals surface area contributed by atoms with Crippen molar-refractivity contribution < 1.29 is 0 Å². The van der Waals surface area contributed by atoms with Crippen LogP contribution in [0.2, 0.25) is 0 Å². The highest BCUT2D eigenvalue weighted by Gasteiger charge is 2.02. The number of hydrogen-bond acceptors (Lipinski definition) is 3. The van der Waals surface area contributed by atoms with Gasteiger partial charge in [-0.15, -0.1) is 0 Å². The van der Waals surface area contributed by atoms with E-state index in [1.807, 2.05) is 26.1 Å². The smallest absolute Gasteiger partial charge is 0.106 e. The molecule has 0 aliphatic carbocycles. The molecule has 0 bridgehead atoms. The maximum atomic E-state index is 5.96. The number of hydrogen-bond donors (Lipinski definition) is 1. The first-order valence-corrected chi connectivity index (χ1v) is 5.85. The Morgan fingerprint density at radius 3 is 2.44 bits per heavy atom. The number of allylic oxidation sites excluding steroid dienone is 2. The largest absolute Gasteiger partial charge is 0.397 e. The van der Waals surface area contributed by atoms with Gasteiger partial charge in [0.05, 0.1) is 11.4 Å². The van der Waals surface area contributed by atoms with E-state index in [4.69, 9.17) is 5.73 Å². The first kappa shape index (κ1) is 14.6. The van der Waals surface area contributed by atoms with E-state index >= 15 is 0 Å². The minimum absolute atomic E-state index is 0.706. The molecule has 3 nitrogen and oxygen atoms in total. The van der Waals surface area contributed by atoms with Crippen molar-refractivity contribution >= 4 is 12.4 Å². The van der Waals surface area contributed by atoms with Crippen LogP contribution in [0.3, 0.4) is 0 Å². The van der Waals surface area contributed by atoms with E-state index in [1.54, 1.807) is 6.21 Å². The summed E-state index contributed by atoms with van der Waals surface area (Å²) < 4.78 is 0. The summed E-state index contributed by atoms with van der Waals surface area (Å²) in [4.78, 5) is 8.63. The fourth-order valence-corrected chi connectivity index (χ4v) is 1.23. The fourth-order valence-electron chi connectivity index (χ4n) is 1.23. The molecule has 2 N–H and O–H groups in total. The van der Waals surface area contributed by atoms with E-state index < -0.39 is 0 Å². The molecule has 0 amide bonds. The standard InChI is InChI=1S/C13H23N3/c1-5-8-10-16-13(11(4)15-7-3)12(14)9-6-2/h7,9-10H,5-6,8,14H2,1-4H3/b12-9-,13-11+,15-7?,16-10?. The normalized spacial score (nSPS) is 14.9. The van der Waals surface area contributed by atoms with Crippen LogP contribution >= 0.6 is 0 Å². The first-order chi connectivity index (χ1) is 7.67. The molecule has 0 spiro atoms. The van der Waals surface area contributed by atoms with Gasteiger partial charge in [-0.25, -0.2) is 0 Å². The molecular weight excluding hydrogens is 198 g/mol. The van der Waals surface area contributed by atoms with Crippen molar-refractivity contribution in [2.75, 3.05) is 0 Å². The third-order valence-electron chi connectivity index (χ3n) is 2.00. The summed E-state index contributed by atoms with van der Waals surface area (Å²) in [5, 5.41) is 0. The second kappa shape index (κ2) is 8.89. The third-order valence-corrected chi connectivity index (χ3v) is 2.00. The van der Waals surface area contributed by atoms with E-state index in [2.05, 4.69) is 23.8 Å². The molecule has 0 aliphatic heterocycles. The third kappa shape index (κ3) is 5.49. The van der Waals surface area contributed by atoms with Crippen LogP contribution in [-0.4, -0.2) is 12.4 Å². The van der Waals surface area contributed by atoms with Gasteiger partial charge in [0.15, 0.2) is 0 Å². The number of nitrogens with zero attached hydrogens (tertiary/aromatic N) is 2. The molecule has 0 heterocycles. The Labute approximate surface area is 98.9 Å². The lowest BCUT2D eigenvalue weighted by atomic mass is 10.2. The average molecular weight is 221 g/mol. The molecule has 90 valence electrons. The summed E-state index contributed by atoms with van der Waals surface area (Å²) in [6.45, 7) is 7.99. The summed E-state index contributed by atoms with van der Waals surface area (Å²) in [6.07, 6.45) is 8.58. The Morgan fingerprint density at radius 1 is 1.25 bits per heavy atom. The lowest BCUT2D eigenvalue weighted by Gasteiger charge is -2.04. The molecule has 0 fully saturated rings. The summed E-state index contributed by atoms with van der Waals surface area (Å²) in [7, 11) is 0. The van der Waals surface area contributed by atoms with Gasteiger partial charge in [0.1, 0.15) is 5.70 Å². The van der Waals surface area contributed by atoms with Gasteiger partial charge in [0, 0.05) is 12.4 Å². The van der Waals surface area contributed by atoms with E-state index in [0.29, 0.717) is 5.70 Å². The van der Waals surface area contributed by atoms with Crippen LogP contribution < -0.4 is 5.73 Å². The number of nitrogens with two attached hydrogens (primary N) is 1. The summed E-state index contributed by atoms with van der Waals surface area (Å²) >= 11 is 0. The molecule has 0 saturated heterocycles. The zero-order valence-electron chi connectivity index (χ0n) is 10.8. The molecule has 0 aromatic heterocycles. The Morgan fingerprint density at radius 2 is 1.94 bits per heavy atom. The van der Waals surface area contributed by atoms with Gasteiger partial charge in [-0.1, -0.05) is 26.3 Å². The quantitative estimate of drug-likeness (QED) is 0.542. The van der Waals surface area contributed by atoms with Crippen LogP contribution in [0.15, 0.2) is 33.2 Å². The molecule has 0 atom stereocenters. The maximum absolute atomic E-state index is 5.96. The molecular formula is C13H23N3. The van der Waals surface area contributed by atoms with Crippen molar-refractivity contribution in [1.82, 2.24) is 0 Å². The molecule has 16 heavy (non-hydrogen) atoms. The van der Waals surface area contributed by atoms with E-state index in [-0.39, 0.29) is 0 Å². The summed E-state index contributed by atoms with van der Waals surface area (Å²) in [5.41, 5.74) is 8.31. The number of unbranched alkanes of at least 4 members (excludes halogenated alkanes) is 1. The molecule has 0 aliphatic rings. The van der Waals surface area contributed by atoms with Crippen LogP contribution in [0.25, 0.3) is 0 Å². The highest BCUT2D eigenvalue weighted by molar-refractivity contribution is 5.61. The van der Waals surface area contributed by atoms with Gasteiger partial charge in [-0.05, 0) is 26.7 Å². The Kier molecular flexibility index (Phi) is 8.12. The van der Waals surface area contributed by atoms with Crippen molar-refractivity contribution in [3.63, 3.8) is 0 Å². The molecule has 3 heteroatoms. The van der Waals surface area contributed by atoms with Crippen LogP contribution in [-0.2, 0) is 0 Å². The van der Waals surface area contributed by atoms with Gasteiger partial charge >= 0.3 is 0 Å². The highest BCUT2D eigenvalue weighted by Crippen LogP contribution is 2.13. The van der Waals surface area contributed by atoms with Crippen molar-refractivity contribution in [3.05, 3.63) is 23.2 Å². The van der Waals surface area contributed by atoms with E-state index in [1.165, 1.54) is 0 Å². The summed E-state index contributed by atoms with van der Waals surface area (Å²) in [5.74, 6) is 0. The molecule has 0 rings (SSSR count). The van der Waals surface area contributed by atoms with Gasteiger partial charge in [-0.2, -0.15) is 0 Å². The fraction of sp³-hybridized carbons (Fsp3) is 0.538. The molecule has 0 saturated carbocycles. The van der Waals surface area contributed by atoms with Gasteiger partial charge in [-0.3, -0.25) is 9.98 Å². The van der Waals surface area contributed by atoms with Crippen molar-refractivity contribution in [2.45, 2.75) is 47.0 Å². The van der Waals surface area contributed by atoms with Crippen molar-refractivity contribution in [1.29, 1.82) is 0 Å². The van der Waals surface area contributed by atoms with Gasteiger partial charge in [0.25, 0.3) is 0 Å². The monoisotopic (exact) mass is 221 g/mol. The van der Waals surface area contributed by atoms with Crippen LogP contribution in [0.5, 0.6) is 0 Å². The van der Waals surface area contributed by atoms with Gasteiger partial charge < -0.3 is 5.73 Å². The molecule has 0 unspecified atom stereocenters. The average Bonchev–Trinajstić information content (AvgIpc) is 2.25. The van der Waals surface area contributed by atoms with Crippen molar-refractivity contribution in [3.8, 4) is 0 Å². The second-order valence-corrected chi connectivity index (χ2v) is 3.49. The Balaban J connectivity index is 5.05. The van der Waals surface area contributed by atoms with Crippen LogP contribution in [0.4, 0.5) is 0 Å². The van der Waals surface area contributed by atoms with Gasteiger partial charge in [0.2, 0.25) is 0 Å². The lowest BCUT2D eigenvalue weighted by Crippen LogP contribution is -2.02. The number of rotatable bonds is 6. The van der Waals surface area contributed by atoms with Crippen LogP contribution in [0, 0.1) is 0 Å². The molecule has 0 radical (unpaired) electrons. The minimum Gasteiger partial charge on any atom is -0.397 e. The Bertz CT molecular complexity index is 309. The predicted octanol–water partition coefficient (Wildman–Crippen LogP) is 3.43. The Hall–Kier alpha value is -1.38. The van der Waals surface area contributed by atoms with Crippen LogP contribution in [0.1, 0.15) is 47.0 Å². The summed E-state index contributed by atoms with van der Waals surface area (Å²) in [6, 6.07) is 0. The lowest BCUT2D eigenvalue weighted by molar-refractivity contribution is 1.00. The zero-order valence-corrected chi connectivity index (χ0v) is 10.8. The zero-order chi connectivity index (χ0) is 12.4. The maximum Gasteiger partial charge on any atom is 0.106 e. The molecule has 0 aromatic rings. The van der Waals surface area contributed by atoms with Crippen molar-refractivity contribution in [2.24, 2.45) is 15.7 Å².